The molecule has 1 heterocycles. The molecule has 7 heteroatoms. The van der Waals surface area contributed by atoms with Gasteiger partial charge in [-0.05, 0) is 31.0 Å². The van der Waals surface area contributed by atoms with Crippen LogP contribution in [0.4, 0.5) is 10.5 Å². The van der Waals surface area contributed by atoms with E-state index < -0.39 is 5.97 Å². The first kappa shape index (κ1) is 14.6. The van der Waals surface area contributed by atoms with E-state index in [9.17, 15) is 9.59 Å². The first-order valence-corrected chi connectivity index (χ1v) is 6.69. The van der Waals surface area contributed by atoms with Crippen LogP contribution >= 0.6 is 11.6 Å². The molecule has 2 rings (SSSR count). The molecule has 0 aromatic heterocycles. The number of amides is 2. The first-order valence-electron chi connectivity index (χ1n) is 6.31. The standard InChI is InChI=1S/C13H16ClN3O3/c14-11-7-9(1-2-10(11)12(18)19)16-13(20)17-5-3-8(15)4-6-17/h1-2,7-8H,3-6,15H2,(H,16,20)(H,18,19). The summed E-state index contributed by atoms with van der Waals surface area (Å²) >= 11 is 5.85. The van der Waals surface area contributed by atoms with E-state index in [1.165, 1.54) is 18.2 Å². The average Bonchev–Trinajstić information content (AvgIpc) is 2.39. The molecule has 1 fully saturated rings. The van der Waals surface area contributed by atoms with E-state index in [0.29, 0.717) is 18.8 Å². The molecular formula is C13H16ClN3O3. The van der Waals surface area contributed by atoms with Crippen LogP contribution in [0.5, 0.6) is 0 Å². The minimum atomic E-state index is -1.10. The monoisotopic (exact) mass is 297 g/mol. The number of rotatable bonds is 2. The Morgan fingerprint density at radius 3 is 2.55 bits per heavy atom. The second kappa shape index (κ2) is 6.11. The van der Waals surface area contributed by atoms with Crippen LogP contribution in [0.1, 0.15) is 23.2 Å². The number of anilines is 1. The summed E-state index contributed by atoms with van der Waals surface area (Å²) in [5, 5.41) is 11.7. The maximum Gasteiger partial charge on any atom is 0.337 e. The molecule has 1 saturated heterocycles. The van der Waals surface area contributed by atoms with Crippen molar-refractivity contribution in [2.75, 3.05) is 18.4 Å². The molecule has 1 aromatic rings. The number of nitrogens with one attached hydrogen (secondary N) is 1. The van der Waals surface area contributed by atoms with Gasteiger partial charge < -0.3 is 21.1 Å². The van der Waals surface area contributed by atoms with Crippen LogP contribution in [0.3, 0.4) is 0 Å². The Hall–Kier alpha value is -1.79. The van der Waals surface area contributed by atoms with Crippen LogP contribution in [0.15, 0.2) is 18.2 Å². The van der Waals surface area contributed by atoms with Gasteiger partial charge in [-0.3, -0.25) is 0 Å². The molecule has 2 amide bonds. The van der Waals surface area contributed by atoms with Crippen molar-refractivity contribution in [3.05, 3.63) is 28.8 Å². The second-order valence-electron chi connectivity index (χ2n) is 4.75. The van der Waals surface area contributed by atoms with Crippen LogP contribution < -0.4 is 11.1 Å². The minimum absolute atomic E-state index is 0.00797. The molecule has 0 saturated carbocycles. The molecule has 0 atom stereocenters. The fourth-order valence-corrected chi connectivity index (χ4v) is 2.33. The third kappa shape index (κ3) is 3.40. The Morgan fingerprint density at radius 1 is 1.35 bits per heavy atom. The third-order valence-corrected chi connectivity index (χ3v) is 3.59. The number of carboxylic acids is 1. The molecule has 0 bridgehead atoms. The highest BCUT2D eigenvalue weighted by Crippen LogP contribution is 2.21. The Kier molecular flexibility index (Phi) is 4.46. The smallest absolute Gasteiger partial charge is 0.337 e. The summed E-state index contributed by atoms with van der Waals surface area (Å²) in [6.07, 6.45) is 1.57. The number of piperidine rings is 1. The van der Waals surface area contributed by atoms with Crippen molar-refractivity contribution in [3.63, 3.8) is 0 Å². The molecule has 0 unspecified atom stereocenters. The van der Waals surface area contributed by atoms with E-state index in [-0.39, 0.29) is 22.7 Å². The number of likely N-dealkylation sites (tertiary alicyclic amines) is 1. The normalized spacial score (nSPS) is 16.0. The van der Waals surface area contributed by atoms with Gasteiger partial charge in [0.05, 0.1) is 10.6 Å². The number of nitrogens with zero attached hydrogens (tertiary/aromatic N) is 1. The fourth-order valence-electron chi connectivity index (χ4n) is 2.07. The molecule has 4 N–H and O–H groups in total. The van der Waals surface area contributed by atoms with E-state index in [2.05, 4.69) is 5.32 Å². The van der Waals surface area contributed by atoms with Crippen molar-refractivity contribution >= 4 is 29.3 Å². The summed E-state index contributed by atoms with van der Waals surface area (Å²) in [7, 11) is 0. The van der Waals surface area contributed by atoms with Crippen molar-refractivity contribution < 1.29 is 14.7 Å². The number of nitrogens with two attached hydrogens (primary N) is 1. The largest absolute Gasteiger partial charge is 0.478 e. The second-order valence-corrected chi connectivity index (χ2v) is 5.16. The maximum atomic E-state index is 12.0. The topological polar surface area (TPSA) is 95.7 Å². The van der Waals surface area contributed by atoms with Gasteiger partial charge in [0.1, 0.15) is 0 Å². The van der Waals surface area contributed by atoms with Gasteiger partial charge >= 0.3 is 12.0 Å². The summed E-state index contributed by atoms with van der Waals surface area (Å²) in [4.78, 5) is 24.5. The summed E-state index contributed by atoms with van der Waals surface area (Å²) in [5.41, 5.74) is 6.26. The number of carbonyl (C=O) groups excluding carboxylic acids is 1. The van der Waals surface area contributed by atoms with Crippen molar-refractivity contribution in [1.29, 1.82) is 0 Å². The molecule has 0 spiro atoms. The van der Waals surface area contributed by atoms with Gasteiger partial charge in [0, 0.05) is 24.8 Å². The average molecular weight is 298 g/mol. The number of aromatic carboxylic acids is 1. The molecule has 0 aliphatic carbocycles. The number of urea groups is 1. The lowest BCUT2D eigenvalue weighted by molar-refractivity contribution is 0.0697. The summed E-state index contributed by atoms with van der Waals surface area (Å²) < 4.78 is 0. The van der Waals surface area contributed by atoms with Crippen LogP contribution in [-0.4, -0.2) is 41.1 Å². The summed E-state index contributed by atoms with van der Waals surface area (Å²) in [6, 6.07) is 4.24. The SMILES string of the molecule is NC1CCN(C(=O)Nc2ccc(C(=O)O)c(Cl)c2)CC1. The number of hydrogen-bond donors (Lipinski definition) is 3. The van der Waals surface area contributed by atoms with Gasteiger partial charge in [-0.25, -0.2) is 9.59 Å². The molecule has 0 radical (unpaired) electrons. The fraction of sp³-hybridized carbons (Fsp3) is 0.385. The first-order chi connectivity index (χ1) is 9.47. The zero-order chi connectivity index (χ0) is 14.7. The number of halogens is 1. The summed E-state index contributed by atoms with van der Waals surface area (Å²) in [6.45, 7) is 1.24. The Labute approximate surface area is 121 Å². The lowest BCUT2D eigenvalue weighted by Crippen LogP contribution is -2.44. The molecule has 1 aromatic carbocycles. The van der Waals surface area contributed by atoms with E-state index in [4.69, 9.17) is 22.4 Å². The van der Waals surface area contributed by atoms with Gasteiger partial charge in [0.2, 0.25) is 0 Å². The van der Waals surface area contributed by atoms with E-state index in [0.717, 1.165) is 12.8 Å². The number of carbonyl (C=O) groups is 2. The van der Waals surface area contributed by atoms with Gasteiger partial charge in [0.15, 0.2) is 0 Å². The molecule has 1 aliphatic heterocycles. The van der Waals surface area contributed by atoms with Crippen LogP contribution in [0.25, 0.3) is 0 Å². The van der Waals surface area contributed by atoms with Crippen molar-refractivity contribution in [3.8, 4) is 0 Å². The zero-order valence-electron chi connectivity index (χ0n) is 10.8. The lowest BCUT2D eigenvalue weighted by Gasteiger charge is -2.30. The molecule has 20 heavy (non-hydrogen) atoms. The minimum Gasteiger partial charge on any atom is -0.478 e. The molecular weight excluding hydrogens is 282 g/mol. The number of benzene rings is 1. The highest BCUT2D eigenvalue weighted by molar-refractivity contribution is 6.33. The van der Waals surface area contributed by atoms with Crippen molar-refractivity contribution in [2.24, 2.45) is 5.73 Å². The van der Waals surface area contributed by atoms with Gasteiger partial charge in [-0.2, -0.15) is 0 Å². The Balaban J connectivity index is 2.01. The highest BCUT2D eigenvalue weighted by atomic mass is 35.5. The molecule has 1 aliphatic rings. The molecule has 108 valence electrons. The zero-order valence-corrected chi connectivity index (χ0v) is 11.6. The van der Waals surface area contributed by atoms with Crippen LogP contribution in [0, 0.1) is 0 Å². The van der Waals surface area contributed by atoms with E-state index in [1.807, 2.05) is 0 Å². The van der Waals surface area contributed by atoms with Crippen molar-refractivity contribution in [2.45, 2.75) is 18.9 Å². The third-order valence-electron chi connectivity index (χ3n) is 3.28. The molecule has 6 nitrogen and oxygen atoms in total. The predicted molar refractivity (Wildman–Crippen MR) is 76.2 cm³/mol. The Morgan fingerprint density at radius 2 is 2.00 bits per heavy atom. The van der Waals surface area contributed by atoms with E-state index >= 15 is 0 Å². The number of carboxylic acid groups (broad SMARTS) is 1. The van der Waals surface area contributed by atoms with Crippen molar-refractivity contribution in [1.82, 2.24) is 4.90 Å². The Bertz CT molecular complexity index is 528. The summed E-state index contributed by atoms with van der Waals surface area (Å²) in [5.74, 6) is -1.10. The van der Waals surface area contributed by atoms with E-state index in [1.54, 1.807) is 4.90 Å². The maximum absolute atomic E-state index is 12.0. The van der Waals surface area contributed by atoms with Gasteiger partial charge in [-0.15, -0.1) is 0 Å². The predicted octanol–water partition coefficient (Wildman–Crippen LogP) is 1.99. The quantitative estimate of drug-likeness (QED) is 0.778. The lowest BCUT2D eigenvalue weighted by atomic mass is 10.1. The van der Waals surface area contributed by atoms with Gasteiger partial charge in [-0.1, -0.05) is 11.6 Å². The number of hydrogen-bond acceptors (Lipinski definition) is 3. The van der Waals surface area contributed by atoms with Crippen LogP contribution in [0.2, 0.25) is 5.02 Å². The van der Waals surface area contributed by atoms with Crippen LogP contribution in [-0.2, 0) is 0 Å². The highest BCUT2D eigenvalue weighted by Gasteiger charge is 2.20. The van der Waals surface area contributed by atoms with Gasteiger partial charge in [0.25, 0.3) is 0 Å².